The van der Waals surface area contributed by atoms with Gasteiger partial charge in [-0.05, 0) is 61.1 Å². The van der Waals surface area contributed by atoms with Gasteiger partial charge in [0.1, 0.15) is 0 Å². The Morgan fingerprint density at radius 3 is 2.44 bits per heavy atom. The summed E-state index contributed by atoms with van der Waals surface area (Å²) < 4.78 is 31.9. The van der Waals surface area contributed by atoms with E-state index < -0.39 is 10.0 Å². The summed E-state index contributed by atoms with van der Waals surface area (Å²) in [7, 11) is -3.50. The van der Waals surface area contributed by atoms with E-state index in [0.717, 1.165) is 11.3 Å². The highest BCUT2D eigenvalue weighted by atomic mass is 35.5. The van der Waals surface area contributed by atoms with Gasteiger partial charge < -0.3 is 15.4 Å². The lowest BCUT2D eigenvalue weighted by atomic mass is 10.2. The third-order valence-corrected chi connectivity index (χ3v) is 6.76. The zero-order valence-corrected chi connectivity index (χ0v) is 17.1. The minimum absolute atomic E-state index is 0.250. The van der Waals surface area contributed by atoms with Crippen LogP contribution in [-0.4, -0.2) is 44.1 Å². The zero-order chi connectivity index (χ0) is 19.4. The summed E-state index contributed by atoms with van der Waals surface area (Å²) in [5, 5.41) is 7.18. The number of thiocarbonyl (C=S) groups is 1. The van der Waals surface area contributed by atoms with Crippen molar-refractivity contribution in [2.24, 2.45) is 0 Å². The normalized spacial score (nSPS) is 15.3. The Morgan fingerprint density at radius 2 is 1.78 bits per heavy atom. The summed E-state index contributed by atoms with van der Waals surface area (Å²) in [6.07, 6.45) is 0. The Bertz CT molecular complexity index is 927. The van der Waals surface area contributed by atoms with Crippen LogP contribution in [0.5, 0.6) is 0 Å². The van der Waals surface area contributed by atoms with Crippen molar-refractivity contribution in [3.63, 3.8) is 0 Å². The topological polar surface area (TPSA) is 70.7 Å². The van der Waals surface area contributed by atoms with E-state index in [4.69, 9.17) is 28.6 Å². The number of sulfonamides is 1. The number of anilines is 2. The Labute approximate surface area is 169 Å². The number of hydrogen-bond donors (Lipinski definition) is 2. The van der Waals surface area contributed by atoms with Crippen LogP contribution in [0.1, 0.15) is 5.56 Å². The highest BCUT2D eigenvalue weighted by Gasteiger charge is 2.26. The number of nitrogens with one attached hydrogen (secondary N) is 2. The molecule has 0 unspecified atom stereocenters. The fraction of sp³-hybridized carbons (Fsp3) is 0.278. The van der Waals surface area contributed by atoms with E-state index >= 15 is 0 Å². The lowest BCUT2D eigenvalue weighted by Crippen LogP contribution is -2.40. The molecular formula is C18H20ClN3O3S2. The molecule has 1 aliphatic rings. The molecule has 2 aromatic carbocycles. The van der Waals surface area contributed by atoms with Crippen LogP contribution in [0.4, 0.5) is 11.4 Å². The van der Waals surface area contributed by atoms with Gasteiger partial charge in [-0.15, -0.1) is 0 Å². The predicted octanol–water partition coefficient (Wildman–Crippen LogP) is 3.48. The molecule has 0 aliphatic carbocycles. The average Bonchev–Trinajstić information content (AvgIpc) is 2.66. The molecule has 2 aromatic rings. The van der Waals surface area contributed by atoms with Gasteiger partial charge in [0.15, 0.2) is 5.11 Å². The molecule has 27 heavy (non-hydrogen) atoms. The third-order valence-electron chi connectivity index (χ3n) is 4.24. The Hall–Kier alpha value is -1.71. The van der Waals surface area contributed by atoms with Gasteiger partial charge in [0.25, 0.3) is 0 Å². The maximum absolute atomic E-state index is 12.6. The van der Waals surface area contributed by atoms with E-state index in [1.807, 2.05) is 25.1 Å². The van der Waals surface area contributed by atoms with E-state index in [0.29, 0.717) is 42.1 Å². The molecule has 144 valence electrons. The second-order valence-electron chi connectivity index (χ2n) is 6.03. The summed E-state index contributed by atoms with van der Waals surface area (Å²) >= 11 is 11.4. The van der Waals surface area contributed by atoms with Crippen LogP contribution in [0.2, 0.25) is 5.02 Å². The number of benzene rings is 2. The second kappa shape index (κ2) is 8.53. The first kappa shape index (κ1) is 20.0. The van der Waals surface area contributed by atoms with Crippen molar-refractivity contribution in [2.45, 2.75) is 11.8 Å². The minimum Gasteiger partial charge on any atom is -0.379 e. The first-order valence-electron chi connectivity index (χ1n) is 8.39. The molecule has 0 atom stereocenters. The largest absolute Gasteiger partial charge is 0.379 e. The minimum atomic E-state index is -3.50. The first-order chi connectivity index (χ1) is 12.9. The van der Waals surface area contributed by atoms with Crippen molar-refractivity contribution >= 4 is 50.3 Å². The van der Waals surface area contributed by atoms with Gasteiger partial charge >= 0.3 is 0 Å². The molecule has 3 rings (SSSR count). The highest BCUT2D eigenvalue weighted by molar-refractivity contribution is 7.89. The van der Waals surface area contributed by atoms with Crippen molar-refractivity contribution in [2.75, 3.05) is 36.9 Å². The summed E-state index contributed by atoms with van der Waals surface area (Å²) in [6, 6.07) is 12.0. The van der Waals surface area contributed by atoms with Crippen molar-refractivity contribution in [3.05, 3.63) is 53.1 Å². The fourth-order valence-electron chi connectivity index (χ4n) is 2.67. The molecule has 0 spiro atoms. The van der Waals surface area contributed by atoms with Gasteiger partial charge in [-0.25, -0.2) is 8.42 Å². The van der Waals surface area contributed by atoms with E-state index in [-0.39, 0.29) is 4.90 Å². The smallest absolute Gasteiger partial charge is 0.243 e. The average molecular weight is 426 g/mol. The molecule has 9 heteroatoms. The Morgan fingerprint density at radius 1 is 1.11 bits per heavy atom. The highest BCUT2D eigenvalue weighted by Crippen LogP contribution is 2.23. The summed E-state index contributed by atoms with van der Waals surface area (Å²) in [4.78, 5) is 0.250. The van der Waals surface area contributed by atoms with Gasteiger partial charge in [-0.3, -0.25) is 0 Å². The summed E-state index contributed by atoms with van der Waals surface area (Å²) in [6.45, 7) is 3.48. The molecule has 1 aliphatic heterocycles. The molecule has 0 aromatic heterocycles. The number of nitrogens with zero attached hydrogens (tertiary/aromatic N) is 1. The van der Waals surface area contributed by atoms with Gasteiger partial charge in [-0.2, -0.15) is 4.31 Å². The van der Waals surface area contributed by atoms with Crippen LogP contribution in [0.25, 0.3) is 0 Å². The number of hydrogen-bond acceptors (Lipinski definition) is 4. The molecule has 0 saturated carbocycles. The molecule has 6 nitrogen and oxygen atoms in total. The second-order valence-corrected chi connectivity index (χ2v) is 8.79. The Kier molecular flexibility index (Phi) is 6.33. The van der Waals surface area contributed by atoms with E-state index in [2.05, 4.69) is 10.6 Å². The van der Waals surface area contributed by atoms with E-state index in [1.165, 1.54) is 4.31 Å². The standard InChI is InChI=1S/C18H20ClN3O3S2/c1-13-16(19)3-2-4-17(13)21-18(26)20-14-5-7-15(8-6-14)27(23,24)22-9-11-25-12-10-22/h2-8H,9-12H2,1H3,(H2,20,21,26). The maximum atomic E-state index is 12.6. The van der Waals surface area contributed by atoms with Crippen LogP contribution < -0.4 is 10.6 Å². The lowest BCUT2D eigenvalue weighted by molar-refractivity contribution is 0.0730. The molecule has 0 amide bonds. The molecular weight excluding hydrogens is 406 g/mol. The van der Waals surface area contributed by atoms with Gasteiger partial charge in [0.2, 0.25) is 10.0 Å². The molecule has 2 N–H and O–H groups in total. The van der Waals surface area contributed by atoms with Crippen molar-refractivity contribution < 1.29 is 13.2 Å². The lowest BCUT2D eigenvalue weighted by Gasteiger charge is -2.26. The van der Waals surface area contributed by atoms with Gasteiger partial charge in [0.05, 0.1) is 18.1 Å². The molecule has 1 fully saturated rings. The number of rotatable bonds is 4. The Balaban J connectivity index is 1.66. The number of ether oxygens (including phenoxy) is 1. The molecule has 1 heterocycles. The van der Waals surface area contributed by atoms with E-state index in [1.54, 1.807) is 24.3 Å². The third kappa shape index (κ3) is 4.77. The van der Waals surface area contributed by atoms with Crippen LogP contribution in [0.15, 0.2) is 47.4 Å². The first-order valence-corrected chi connectivity index (χ1v) is 10.6. The predicted molar refractivity (Wildman–Crippen MR) is 112 cm³/mol. The van der Waals surface area contributed by atoms with Crippen LogP contribution >= 0.6 is 23.8 Å². The van der Waals surface area contributed by atoms with E-state index in [9.17, 15) is 8.42 Å². The monoisotopic (exact) mass is 425 g/mol. The van der Waals surface area contributed by atoms with Gasteiger partial charge in [0, 0.05) is 29.5 Å². The quantitative estimate of drug-likeness (QED) is 0.731. The van der Waals surface area contributed by atoms with Crippen molar-refractivity contribution in [1.29, 1.82) is 0 Å². The summed E-state index contributed by atoms with van der Waals surface area (Å²) in [5.74, 6) is 0. The molecule has 0 radical (unpaired) electrons. The molecule has 1 saturated heterocycles. The summed E-state index contributed by atoms with van der Waals surface area (Å²) in [5.41, 5.74) is 2.40. The SMILES string of the molecule is Cc1c(Cl)cccc1NC(=S)Nc1ccc(S(=O)(=O)N2CCOCC2)cc1. The zero-order valence-electron chi connectivity index (χ0n) is 14.7. The van der Waals surface area contributed by atoms with Crippen molar-refractivity contribution in [3.8, 4) is 0 Å². The fourth-order valence-corrected chi connectivity index (χ4v) is 4.48. The van der Waals surface area contributed by atoms with Crippen LogP contribution in [0, 0.1) is 6.92 Å². The number of morpholine rings is 1. The molecule has 0 bridgehead atoms. The van der Waals surface area contributed by atoms with Crippen LogP contribution in [-0.2, 0) is 14.8 Å². The number of halogens is 1. The van der Waals surface area contributed by atoms with Crippen LogP contribution in [0.3, 0.4) is 0 Å². The van der Waals surface area contributed by atoms with Gasteiger partial charge in [-0.1, -0.05) is 17.7 Å². The maximum Gasteiger partial charge on any atom is 0.243 e. The van der Waals surface area contributed by atoms with Crippen molar-refractivity contribution in [1.82, 2.24) is 4.31 Å².